The lowest BCUT2D eigenvalue weighted by atomic mass is 10.2. The molecule has 0 N–H and O–H groups in total. The van der Waals surface area contributed by atoms with Crippen LogP contribution < -0.4 is 0 Å². The first-order valence-corrected chi connectivity index (χ1v) is 9.85. The Balaban J connectivity index is 1.51. The molecule has 2 atom stereocenters. The van der Waals surface area contributed by atoms with Gasteiger partial charge in [-0.2, -0.15) is 13.2 Å². The number of carbonyl (C=O) groups excluding carboxylic acids is 1. The summed E-state index contributed by atoms with van der Waals surface area (Å²) in [5, 5.41) is 0. The van der Waals surface area contributed by atoms with Crippen molar-refractivity contribution in [2.24, 2.45) is 24.8 Å². The highest BCUT2D eigenvalue weighted by Crippen LogP contribution is 2.52. The van der Waals surface area contributed by atoms with Crippen molar-refractivity contribution < 1.29 is 18.0 Å². The molecule has 0 aromatic carbocycles. The summed E-state index contributed by atoms with van der Waals surface area (Å²) in [7, 11) is 1.84. The van der Waals surface area contributed by atoms with Crippen molar-refractivity contribution in [3.8, 4) is 0 Å². The van der Waals surface area contributed by atoms with E-state index in [-0.39, 0.29) is 12.5 Å². The third-order valence-electron chi connectivity index (χ3n) is 5.83. The molecule has 1 saturated heterocycles. The van der Waals surface area contributed by atoms with Gasteiger partial charge in [-0.05, 0) is 24.2 Å². The summed E-state index contributed by atoms with van der Waals surface area (Å²) in [6.45, 7) is 5.10. The average molecular weight is 386 g/mol. The number of imidazole rings is 1. The van der Waals surface area contributed by atoms with Gasteiger partial charge >= 0.3 is 6.18 Å². The van der Waals surface area contributed by atoms with Crippen LogP contribution in [0.1, 0.15) is 43.1 Å². The van der Waals surface area contributed by atoms with Crippen LogP contribution in [-0.4, -0.2) is 64.2 Å². The molecule has 152 valence electrons. The van der Waals surface area contributed by atoms with E-state index in [1.54, 1.807) is 17.1 Å². The first kappa shape index (κ1) is 20.2. The zero-order valence-electron chi connectivity index (χ0n) is 16.1. The Kier molecular flexibility index (Phi) is 6.13. The molecule has 0 spiro atoms. The van der Waals surface area contributed by atoms with Gasteiger partial charge in [-0.25, -0.2) is 4.98 Å². The number of carbonyl (C=O) groups is 1. The molecule has 3 rings (SSSR count). The Hall–Kier alpha value is -1.57. The number of likely N-dealkylation sites (tertiary alicyclic amines) is 1. The first-order chi connectivity index (χ1) is 12.8. The first-order valence-electron chi connectivity index (χ1n) is 9.85. The summed E-state index contributed by atoms with van der Waals surface area (Å²) in [4.78, 5) is 20.8. The Morgan fingerprint density at radius 1 is 1.30 bits per heavy atom. The topological polar surface area (TPSA) is 41.4 Å². The van der Waals surface area contributed by atoms with E-state index < -0.39 is 12.6 Å². The molecule has 2 heterocycles. The zero-order chi connectivity index (χ0) is 19.6. The number of halogens is 3. The summed E-state index contributed by atoms with van der Waals surface area (Å²) >= 11 is 0. The van der Waals surface area contributed by atoms with Crippen LogP contribution in [0.5, 0.6) is 0 Å². The second-order valence-corrected chi connectivity index (χ2v) is 8.00. The molecule has 1 aromatic rings. The number of rotatable bonds is 9. The van der Waals surface area contributed by atoms with Crippen molar-refractivity contribution >= 4 is 5.91 Å². The number of aryl methyl sites for hydroxylation is 1. The molecule has 1 saturated carbocycles. The predicted molar refractivity (Wildman–Crippen MR) is 96.2 cm³/mol. The van der Waals surface area contributed by atoms with Crippen molar-refractivity contribution in [2.75, 3.05) is 32.7 Å². The van der Waals surface area contributed by atoms with Crippen LogP contribution in [-0.2, 0) is 7.05 Å². The molecule has 2 aliphatic rings. The molecule has 1 amide bonds. The summed E-state index contributed by atoms with van der Waals surface area (Å²) in [5.41, 5.74) is 0.464. The van der Waals surface area contributed by atoms with Crippen LogP contribution in [0, 0.1) is 17.8 Å². The quantitative estimate of drug-likeness (QED) is 0.612. The number of fused-ring (bicyclic) bond motifs is 1. The fraction of sp³-hybridized carbons (Fsp3) is 0.789. The third kappa shape index (κ3) is 5.24. The lowest BCUT2D eigenvalue weighted by Gasteiger charge is -2.25. The van der Waals surface area contributed by atoms with Gasteiger partial charge in [-0.3, -0.25) is 4.79 Å². The Labute approximate surface area is 158 Å². The predicted octanol–water partition coefficient (Wildman–Crippen LogP) is 3.18. The minimum absolute atomic E-state index is 0.0365. The highest BCUT2D eigenvalue weighted by Gasteiger charge is 2.56. The fourth-order valence-electron chi connectivity index (χ4n) is 4.24. The van der Waals surface area contributed by atoms with E-state index in [1.165, 1.54) is 0 Å². The van der Waals surface area contributed by atoms with Crippen LogP contribution in [0.2, 0.25) is 0 Å². The van der Waals surface area contributed by atoms with Gasteiger partial charge in [0.2, 0.25) is 0 Å². The molecule has 1 aromatic heterocycles. The van der Waals surface area contributed by atoms with E-state index in [1.807, 2.05) is 16.8 Å². The van der Waals surface area contributed by atoms with Crippen molar-refractivity contribution in [3.05, 3.63) is 18.2 Å². The van der Waals surface area contributed by atoms with Gasteiger partial charge in [0, 0.05) is 46.0 Å². The van der Waals surface area contributed by atoms with Gasteiger partial charge in [0.25, 0.3) is 5.91 Å². The summed E-state index contributed by atoms with van der Waals surface area (Å²) < 4.78 is 38.9. The number of amides is 1. The van der Waals surface area contributed by atoms with Gasteiger partial charge < -0.3 is 14.4 Å². The molecule has 1 aliphatic heterocycles. The number of piperidine rings is 1. The molecule has 27 heavy (non-hydrogen) atoms. The second kappa shape index (κ2) is 8.20. The summed E-state index contributed by atoms with van der Waals surface area (Å²) in [6, 6.07) is 0. The minimum atomic E-state index is -4.09. The number of hydrogen-bond acceptors (Lipinski definition) is 3. The molecule has 1 aliphatic carbocycles. The van der Waals surface area contributed by atoms with Crippen molar-refractivity contribution in [3.63, 3.8) is 0 Å². The normalized spacial score (nSPS) is 24.9. The highest BCUT2D eigenvalue weighted by molar-refractivity contribution is 5.92. The highest BCUT2D eigenvalue weighted by atomic mass is 19.4. The van der Waals surface area contributed by atoms with Gasteiger partial charge in [-0.15, -0.1) is 0 Å². The van der Waals surface area contributed by atoms with Crippen LogP contribution in [0.15, 0.2) is 12.5 Å². The van der Waals surface area contributed by atoms with Crippen LogP contribution in [0.3, 0.4) is 0 Å². The third-order valence-corrected chi connectivity index (χ3v) is 5.83. The fourth-order valence-corrected chi connectivity index (χ4v) is 4.24. The van der Waals surface area contributed by atoms with Crippen LogP contribution in [0.4, 0.5) is 13.2 Å². The van der Waals surface area contributed by atoms with Gasteiger partial charge in [0.1, 0.15) is 5.69 Å². The molecule has 2 unspecified atom stereocenters. The molecular weight excluding hydrogens is 357 g/mol. The van der Waals surface area contributed by atoms with Crippen molar-refractivity contribution in [1.29, 1.82) is 0 Å². The molecule has 0 bridgehead atoms. The Morgan fingerprint density at radius 3 is 2.56 bits per heavy atom. The summed E-state index contributed by atoms with van der Waals surface area (Å²) in [5.74, 6) is 1.25. The second-order valence-electron chi connectivity index (χ2n) is 8.00. The number of unbranched alkanes of at least 4 members (excludes halogenated alkanes) is 2. The van der Waals surface area contributed by atoms with Gasteiger partial charge in [0.05, 0.1) is 12.7 Å². The van der Waals surface area contributed by atoms with E-state index >= 15 is 0 Å². The SMILES string of the molecule is CCCCCN(CC1C2CN(CCC(F)(F)F)CC21)C(=O)c1cn(C)cn1. The van der Waals surface area contributed by atoms with E-state index in [0.717, 1.165) is 38.9 Å². The average Bonchev–Trinajstić information content (AvgIpc) is 2.95. The molecule has 0 radical (unpaired) electrons. The Morgan fingerprint density at radius 2 is 2.00 bits per heavy atom. The monoisotopic (exact) mass is 386 g/mol. The molecule has 8 heteroatoms. The Bertz CT molecular complexity index is 633. The smallest absolute Gasteiger partial charge is 0.340 e. The number of hydrogen-bond donors (Lipinski definition) is 0. The van der Waals surface area contributed by atoms with Crippen molar-refractivity contribution in [2.45, 2.75) is 38.8 Å². The number of alkyl halides is 3. The largest absolute Gasteiger partial charge is 0.390 e. The van der Waals surface area contributed by atoms with Gasteiger partial charge in [0.15, 0.2) is 0 Å². The van der Waals surface area contributed by atoms with Crippen LogP contribution in [0.25, 0.3) is 0 Å². The minimum Gasteiger partial charge on any atom is -0.340 e. The van der Waals surface area contributed by atoms with Gasteiger partial charge in [-0.1, -0.05) is 19.8 Å². The zero-order valence-corrected chi connectivity index (χ0v) is 16.1. The van der Waals surface area contributed by atoms with E-state index in [0.29, 0.717) is 30.0 Å². The van der Waals surface area contributed by atoms with Crippen molar-refractivity contribution in [1.82, 2.24) is 19.4 Å². The summed E-state index contributed by atoms with van der Waals surface area (Å²) in [6.07, 6.45) is 1.68. The molecule has 2 fully saturated rings. The number of nitrogens with zero attached hydrogens (tertiary/aromatic N) is 4. The maximum Gasteiger partial charge on any atom is 0.390 e. The molecule has 5 nitrogen and oxygen atoms in total. The lowest BCUT2D eigenvalue weighted by Crippen LogP contribution is -2.36. The molecular formula is C19H29F3N4O. The maximum atomic E-state index is 12.8. The van der Waals surface area contributed by atoms with E-state index in [2.05, 4.69) is 11.9 Å². The maximum absolute atomic E-state index is 12.8. The standard InChI is InChI=1S/C19H29F3N4O/c1-3-4-5-7-26(18(27)17-12-24(2)13-23-17)11-16-14-9-25(10-15(14)16)8-6-19(20,21)22/h12-16H,3-11H2,1-2H3. The van der Waals surface area contributed by atoms with Crippen LogP contribution >= 0.6 is 0 Å². The lowest BCUT2D eigenvalue weighted by molar-refractivity contribution is -0.137. The van der Waals surface area contributed by atoms with E-state index in [9.17, 15) is 18.0 Å². The number of aromatic nitrogens is 2. The van der Waals surface area contributed by atoms with E-state index in [4.69, 9.17) is 0 Å².